The summed E-state index contributed by atoms with van der Waals surface area (Å²) in [5.41, 5.74) is 0.529. The van der Waals surface area contributed by atoms with Gasteiger partial charge in [0.15, 0.2) is 0 Å². The number of hydrogen-bond donors (Lipinski definition) is 0. The summed E-state index contributed by atoms with van der Waals surface area (Å²) in [5, 5.41) is 0. The number of nitrogens with zero attached hydrogens (tertiary/aromatic N) is 1. The molecule has 0 atom stereocenters. The van der Waals surface area contributed by atoms with E-state index < -0.39 is 17.7 Å². The fourth-order valence-corrected chi connectivity index (χ4v) is 1.76. The number of rotatable bonds is 4. The van der Waals surface area contributed by atoms with Gasteiger partial charge in [0.25, 0.3) is 11.8 Å². The van der Waals surface area contributed by atoms with E-state index in [9.17, 15) is 14.4 Å². The Morgan fingerprint density at radius 3 is 2.28 bits per heavy atom. The third-order valence-corrected chi connectivity index (χ3v) is 2.60. The van der Waals surface area contributed by atoms with Gasteiger partial charge in [-0.3, -0.25) is 14.4 Å². The Morgan fingerprint density at radius 1 is 1.22 bits per heavy atom. The maximum atomic E-state index is 11.9. The molecule has 18 heavy (non-hydrogen) atoms. The fraction of sp³-hybridized carbons (Fsp3) is 0.154. The molecule has 92 valence electrons. The van der Waals surface area contributed by atoms with E-state index in [1.165, 1.54) is 18.4 Å². The summed E-state index contributed by atoms with van der Waals surface area (Å²) in [7, 11) is 0. The van der Waals surface area contributed by atoms with Crippen LogP contribution < -0.4 is 0 Å². The predicted molar refractivity (Wildman–Crippen MR) is 62.7 cm³/mol. The van der Waals surface area contributed by atoms with Gasteiger partial charge in [-0.2, -0.15) is 0 Å². The van der Waals surface area contributed by atoms with Crippen molar-refractivity contribution in [2.75, 3.05) is 6.61 Å². The lowest BCUT2D eigenvalue weighted by Crippen LogP contribution is -2.36. The molecule has 0 spiro atoms. The zero-order valence-electron chi connectivity index (χ0n) is 9.59. The molecule has 1 aromatic carbocycles. The van der Waals surface area contributed by atoms with Crippen LogP contribution in [-0.4, -0.2) is 29.2 Å². The molecule has 0 aromatic heterocycles. The monoisotopic (exact) mass is 245 g/mol. The van der Waals surface area contributed by atoms with Gasteiger partial charge in [-0.1, -0.05) is 18.7 Å². The highest BCUT2D eigenvalue weighted by molar-refractivity contribution is 6.28. The Morgan fingerprint density at radius 2 is 1.78 bits per heavy atom. The van der Waals surface area contributed by atoms with Gasteiger partial charge >= 0.3 is 0 Å². The average molecular weight is 245 g/mol. The van der Waals surface area contributed by atoms with E-state index in [-0.39, 0.29) is 24.2 Å². The zero-order chi connectivity index (χ0) is 13.1. The van der Waals surface area contributed by atoms with Gasteiger partial charge in [0.2, 0.25) is 5.91 Å². The van der Waals surface area contributed by atoms with Gasteiger partial charge in [-0.05, 0) is 12.1 Å². The second-order valence-electron chi connectivity index (χ2n) is 3.67. The minimum absolute atomic E-state index is 0.0442. The largest absolute Gasteiger partial charge is 0.501 e. The van der Waals surface area contributed by atoms with E-state index in [4.69, 9.17) is 4.74 Å². The minimum Gasteiger partial charge on any atom is -0.501 e. The lowest BCUT2D eigenvalue weighted by atomic mass is 10.1. The van der Waals surface area contributed by atoms with E-state index in [0.717, 1.165) is 0 Å². The van der Waals surface area contributed by atoms with Gasteiger partial charge < -0.3 is 4.74 Å². The van der Waals surface area contributed by atoms with Gasteiger partial charge in [0, 0.05) is 0 Å². The Bertz CT molecular complexity index is 501. The van der Waals surface area contributed by atoms with Crippen molar-refractivity contribution in [2.45, 2.75) is 6.42 Å². The third-order valence-electron chi connectivity index (χ3n) is 2.60. The summed E-state index contributed by atoms with van der Waals surface area (Å²) in [6.07, 6.45) is 1.16. The molecule has 1 heterocycles. The maximum absolute atomic E-state index is 11.9. The Hall–Kier alpha value is -2.43. The molecule has 0 unspecified atom stereocenters. The Balaban J connectivity index is 2.18. The normalized spacial score (nSPS) is 13.4. The van der Waals surface area contributed by atoms with Crippen LogP contribution in [0.3, 0.4) is 0 Å². The summed E-state index contributed by atoms with van der Waals surface area (Å²) >= 11 is 0. The number of amides is 3. The number of ether oxygens (including phenoxy) is 1. The molecule has 5 heteroatoms. The highest BCUT2D eigenvalue weighted by Crippen LogP contribution is 2.22. The van der Waals surface area contributed by atoms with E-state index in [1.54, 1.807) is 12.1 Å². The number of benzene rings is 1. The smallest absolute Gasteiger partial charge is 0.268 e. The topological polar surface area (TPSA) is 63.7 Å². The van der Waals surface area contributed by atoms with Crippen molar-refractivity contribution in [2.24, 2.45) is 0 Å². The van der Waals surface area contributed by atoms with Crippen LogP contribution in [-0.2, 0) is 9.53 Å². The van der Waals surface area contributed by atoms with Gasteiger partial charge in [-0.15, -0.1) is 0 Å². The molecule has 0 fully saturated rings. The minimum atomic E-state index is -0.570. The number of hydrogen-bond acceptors (Lipinski definition) is 4. The maximum Gasteiger partial charge on any atom is 0.268 e. The molecule has 1 aliphatic heterocycles. The first-order valence-electron chi connectivity index (χ1n) is 5.40. The van der Waals surface area contributed by atoms with Crippen molar-refractivity contribution in [3.8, 4) is 0 Å². The molecule has 1 aromatic rings. The summed E-state index contributed by atoms with van der Waals surface area (Å²) < 4.78 is 4.81. The summed E-state index contributed by atoms with van der Waals surface area (Å²) in [4.78, 5) is 36.3. The van der Waals surface area contributed by atoms with Crippen molar-refractivity contribution < 1.29 is 19.1 Å². The predicted octanol–water partition coefficient (Wildman–Crippen LogP) is 1.36. The summed E-state index contributed by atoms with van der Waals surface area (Å²) in [6, 6.07) is 6.36. The highest BCUT2D eigenvalue weighted by atomic mass is 16.5. The van der Waals surface area contributed by atoms with Crippen LogP contribution in [0, 0.1) is 0 Å². The van der Waals surface area contributed by atoms with Crippen LogP contribution >= 0.6 is 0 Å². The lowest BCUT2D eigenvalue weighted by Gasteiger charge is -2.11. The zero-order valence-corrected chi connectivity index (χ0v) is 9.59. The van der Waals surface area contributed by atoms with E-state index in [0.29, 0.717) is 4.90 Å². The second kappa shape index (κ2) is 4.83. The van der Waals surface area contributed by atoms with Crippen LogP contribution in [0.25, 0.3) is 0 Å². The van der Waals surface area contributed by atoms with E-state index >= 15 is 0 Å². The molecular weight excluding hydrogens is 234 g/mol. The van der Waals surface area contributed by atoms with Crippen molar-refractivity contribution >= 4 is 17.7 Å². The van der Waals surface area contributed by atoms with E-state index in [1.807, 2.05) is 0 Å². The van der Waals surface area contributed by atoms with Gasteiger partial charge in [0.1, 0.15) is 0 Å². The first-order valence-corrected chi connectivity index (χ1v) is 5.40. The first-order chi connectivity index (χ1) is 8.66. The molecule has 3 amide bonds. The lowest BCUT2D eigenvalue weighted by molar-refractivity contribution is -0.127. The van der Waals surface area contributed by atoms with Crippen LogP contribution in [0.15, 0.2) is 37.1 Å². The molecule has 1 aliphatic rings. The van der Waals surface area contributed by atoms with E-state index in [2.05, 4.69) is 6.58 Å². The molecule has 0 aliphatic carbocycles. The molecular formula is C13H11NO4. The quantitative estimate of drug-likeness (QED) is 0.456. The van der Waals surface area contributed by atoms with Crippen molar-refractivity contribution in [1.82, 2.24) is 4.90 Å². The molecule has 0 N–H and O–H groups in total. The average Bonchev–Trinajstić information content (AvgIpc) is 2.63. The number of imide groups is 3. The number of fused-ring (bicyclic) bond motifs is 1. The number of carbonyl (C=O) groups excluding carboxylic acids is 3. The van der Waals surface area contributed by atoms with Crippen LogP contribution in [0.1, 0.15) is 27.1 Å². The highest BCUT2D eigenvalue weighted by Gasteiger charge is 2.39. The van der Waals surface area contributed by atoms with Crippen LogP contribution in [0.4, 0.5) is 0 Å². The van der Waals surface area contributed by atoms with Crippen LogP contribution in [0.5, 0.6) is 0 Å². The Kier molecular flexibility index (Phi) is 3.23. The van der Waals surface area contributed by atoms with Gasteiger partial charge in [-0.25, -0.2) is 4.90 Å². The Labute approximate surface area is 104 Å². The van der Waals surface area contributed by atoms with Gasteiger partial charge in [0.05, 0.1) is 30.4 Å². The molecule has 5 nitrogen and oxygen atoms in total. The van der Waals surface area contributed by atoms with Crippen LogP contribution in [0.2, 0.25) is 0 Å². The van der Waals surface area contributed by atoms with Crippen molar-refractivity contribution in [1.29, 1.82) is 0 Å². The number of carbonyl (C=O) groups is 3. The molecule has 0 bridgehead atoms. The third kappa shape index (κ3) is 1.90. The molecule has 0 radical (unpaired) electrons. The molecule has 0 saturated heterocycles. The molecule has 2 rings (SSSR count). The fourth-order valence-electron chi connectivity index (χ4n) is 1.76. The van der Waals surface area contributed by atoms with Crippen molar-refractivity contribution in [3.63, 3.8) is 0 Å². The second-order valence-corrected chi connectivity index (χ2v) is 3.67. The summed E-state index contributed by atoms with van der Waals surface area (Å²) in [6.45, 7) is 3.43. The summed E-state index contributed by atoms with van der Waals surface area (Å²) in [5.74, 6) is -1.71. The van der Waals surface area contributed by atoms with Crippen molar-refractivity contribution in [3.05, 3.63) is 48.2 Å². The standard InChI is InChI=1S/C13H11NO4/c1-2-18-8-7-11(15)14-12(16)9-5-3-4-6-10(9)13(14)17/h2-6H,1,7-8H2. The first kappa shape index (κ1) is 12.0. The molecule has 0 saturated carbocycles. The SMILES string of the molecule is C=COCCC(=O)N1C(=O)c2ccccc2C1=O.